The lowest BCUT2D eigenvalue weighted by Gasteiger charge is -2.07. The van der Waals surface area contributed by atoms with Crippen LogP contribution in [0, 0.1) is 0 Å². The Bertz CT molecular complexity index is 621. The van der Waals surface area contributed by atoms with Crippen molar-refractivity contribution in [3.05, 3.63) is 54.1 Å². The minimum atomic E-state index is -0.988. The molecule has 0 bridgehead atoms. The van der Waals surface area contributed by atoms with Crippen LogP contribution < -0.4 is 15.8 Å². The summed E-state index contributed by atoms with van der Waals surface area (Å²) in [4.78, 5) is 21.4. The van der Waals surface area contributed by atoms with Gasteiger partial charge in [-0.3, -0.25) is 0 Å². The number of ether oxygens (including phenoxy) is 1. The summed E-state index contributed by atoms with van der Waals surface area (Å²) in [5, 5.41) is 11.2. The number of hydrogen-bond acceptors (Lipinski definition) is 3. The van der Waals surface area contributed by atoms with Gasteiger partial charge in [-0.2, -0.15) is 0 Å². The highest BCUT2D eigenvalue weighted by Crippen LogP contribution is 2.23. The molecule has 0 heterocycles. The third-order valence-electron chi connectivity index (χ3n) is 2.46. The van der Waals surface area contributed by atoms with E-state index in [4.69, 9.17) is 15.6 Å². The zero-order valence-electron chi connectivity index (χ0n) is 10.4. The summed E-state index contributed by atoms with van der Waals surface area (Å²) >= 11 is 0. The molecule has 0 fully saturated rings. The lowest BCUT2D eigenvalue weighted by atomic mass is 10.2. The van der Waals surface area contributed by atoms with Crippen LogP contribution in [0.15, 0.2) is 48.5 Å². The lowest BCUT2D eigenvalue weighted by Crippen LogP contribution is -2.19. The molecule has 0 aliphatic rings. The maximum absolute atomic E-state index is 10.7. The quantitative estimate of drug-likeness (QED) is 0.796. The zero-order chi connectivity index (χ0) is 14.5. The summed E-state index contributed by atoms with van der Waals surface area (Å²) in [6, 6.07) is 12.0. The van der Waals surface area contributed by atoms with Gasteiger partial charge in [-0.25, -0.2) is 9.59 Å². The maximum atomic E-state index is 10.7. The number of aromatic carboxylic acids is 1. The van der Waals surface area contributed by atoms with Crippen molar-refractivity contribution in [3.63, 3.8) is 0 Å². The number of anilines is 1. The molecule has 0 saturated heterocycles. The highest BCUT2D eigenvalue weighted by atomic mass is 16.5. The van der Waals surface area contributed by atoms with Gasteiger partial charge in [0.15, 0.2) is 0 Å². The summed E-state index contributed by atoms with van der Waals surface area (Å²) in [6.45, 7) is 0. The number of carboxylic acids is 1. The topological polar surface area (TPSA) is 102 Å². The summed E-state index contributed by atoms with van der Waals surface area (Å²) < 4.78 is 5.54. The first-order valence-corrected chi connectivity index (χ1v) is 5.72. The molecule has 0 aliphatic carbocycles. The Kier molecular flexibility index (Phi) is 3.85. The smallest absolute Gasteiger partial charge is 0.335 e. The average Bonchev–Trinajstić information content (AvgIpc) is 2.41. The number of carbonyl (C=O) groups excluding carboxylic acids is 1. The molecule has 0 radical (unpaired) electrons. The molecule has 0 atom stereocenters. The van der Waals surface area contributed by atoms with E-state index >= 15 is 0 Å². The minimum Gasteiger partial charge on any atom is -0.478 e. The molecule has 2 rings (SSSR count). The molecule has 2 aromatic rings. The van der Waals surface area contributed by atoms with E-state index in [2.05, 4.69) is 5.32 Å². The Morgan fingerprint density at radius 1 is 0.950 bits per heavy atom. The summed E-state index contributed by atoms with van der Waals surface area (Å²) in [6.07, 6.45) is 0. The van der Waals surface area contributed by atoms with Crippen LogP contribution in [0.25, 0.3) is 0 Å². The van der Waals surface area contributed by atoms with Gasteiger partial charge in [0.25, 0.3) is 0 Å². The third-order valence-corrected chi connectivity index (χ3v) is 2.46. The van der Waals surface area contributed by atoms with Crippen LogP contribution >= 0.6 is 0 Å². The van der Waals surface area contributed by atoms with E-state index in [0.717, 1.165) is 0 Å². The Morgan fingerprint density at radius 2 is 1.45 bits per heavy atom. The van der Waals surface area contributed by atoms with Crippen LogP contribution in [-0.2, 0) is 0 Å². The van der Waals surface area contributed by atoms with Crippen LogP contribution in [0.5, 0.6) is 11.5 Å². The number of nitrogens with one attached hydrogen (secondary N) is 1. The summed E-state index contributed by atoms with van der Waals surface area (Å²) in [5.74, 6) is 0.0899. The van der Waals surface area contributed by atoms with Crippen molar-refractivity contribution in [2.75, 3.05) is 5.32 Å². The van der Waals surface area contributed by atoms with Gasteiger partial charge >= 0.3 is 12.0 Å². The summed E-state index contributed by atoms with van der Waals surface area (Å²) in [7, 11) is 0. The van der Waals surface area contributed by atoms with Gasteiger partial charge in [0.05, 0.1) is 5.56 Å². The van der Waals surface area contributed by atoms with Crippen molar-refractivity contribution in [2.45, 2.75) is 0 Å². The Hall–Kier alpha value is -3.02. The Balaban J connectivity index is 2.06. The van der Waals surface area contributed by atoms with Gasteiger partial charge in [0.2, 0.25) is 0 Å². The van der Waals surface area contributed by atoms with Gasteiger partial charge in [0.1, 0.15) is 11.5 Å². The first kappa shape index (κ1) is 13.4. The van der Waals surface area contributed by atoms with Gasteiger partial charge < -0.3 is 20.9 Å². The number of carboxylic acid groups (broad SMARTS) is 1. The minimum absolute atomic E-state index is 0.193. The van der Waals surface area contributed by atoms with Crippen LogP contribution in [0.1, 0.15) is 10.4 Å². The second-order valence-electron chi connectivity index (χ2n) is 3.95. The van der Waals surface area contributed by atoms with Gasteiger partial charge in [-0.1, -0.05) is 0 Å². The van der Waals surface area contributed by atoms with Crippen molar-refractivity contribution in [3.8, 4) is 11.5 Å². The van der Waals surface area contributed by atoms with Crippen molar-refractivity contribution in [2.24, 2.45) is 5.73 Å². The highest BCUT2D eigenvalue weighted by molar-refractivity contribution is 5.88. The number of benzene rings is 2. The second kappa shape index (κ2) is 5.75. The average molecular weight is 272 g/mol. The Labute approximate surface area is 114 Å². The van der Waals surface area contributed by atoms with E-state index < -0.39 is 12.0 Å². The second-order valence-corrected chi connectivity index (χ2v) is 3.95. The SMILES string of the molecule is NC(=O)Nc1ccc(Oc2ccc(C(=O)O)cc2)cc1. The number of urea groups is 1. The molecule has 6 nitrogen and oxygen atoms in total. The van der Waals surface area contributed by atoms with Crippen molar-refractivity contribution < 1.29 is 19.4 Å². The molecule has 2 amide bonds. The van der Waals surface area contributed by atoms with Crippen molar-refractivity contribution >= 4 is 17.7 Å². The molecule has 0 aromatic heterocycles. The van der Waals surface area contributed by atoms with Crippen LogP contribution in [0.3, 0.4) is 0 Å². The Morgan fingerprint density at radius 3 is 1.90 bits per heavy atom. The predicted molar refractivity (Wildman–Crippen MR) is 73.1 cm³/mol. The van der Waals surface area contributed by atoms with E-state index in [9.17, 15) is 9.59 Å². The fraction of sp³-hybridized carbons (Fsp3) is 0. The molecule has 20 heavy (non-hydrogen) atoms. The number of primary amides is 1. The van der Waals surface area contributed by atoms with Crippen molar-refractivity contribution in [1.82, 2.24) is 0 Å². The molecule has 0 spiro atoms. The lowest BCUT2D eigenvalue weighted by molar-refractivity contribution is 0.0697. The van der Waals surface area contributed by atoms with E-state index in [1.807, 2.05) is 0 Å². The number of hydrogen-bond donors (Lipinski definition) is 3. The van der Waals surface area contributed by atoms with E-state index in [-0.39, 0.29) is 5.56 Å². The summed E-state index contributed by atoms with van der Waals surface area (Å²) in [5.41, 5.74) is 5.75. The number of carbonyl (C=O) groups is 2. The molecular weight excluding hydrogens is 260 g/mol. The first-order chi connectivity index (χ1) is 9.54. The fourth-order valence-corrected chi connectivity index (χ4v) is 1.55. The van der Waals surface area contributed by atoms with Crippen LogP contribution in [-0.4, -0.2) is 17.1 Å². The van der Waals surface area contributed by atoms with Gasteiger partial charge in [-0.05, 0) is 48.5 Å². The molecule has 0 unspecified atom stereocenters. The predicted octanol–water partition coefficient (Wildman–Crippen LogP) is 2.67. The van der Waals surface area contributed by atoms with Crippen LogP contribution in [0.2, 0.25) is 0 Å². The van der Waals surface area contributed by atoms with Crippen molar-refractivity contribution in [1.29, 1.82) is 0 Å². The zero-order valence-corrected chi connectivity index (χ0v) is 10.4. The first-order valence-electron chi connectivity index (χ1n) is 5.72. The normalized spacial score (nSPS) is 9.80. The molecule has 0 aliphatic heterocycles. The molecule has 4 N–H and O–H groups in total. The van der Waals surface area contributed by atoms with Crippen LogP contribution in [0.4, 0.5) is 10.5 Å². The van der Waals surface area contributed by atoms with E-state index in [0.29, 0.717) is 17.2 Å². The number of nitrogens with two attached hydrogens (primary N) is 1. The van der Waals surface area contributed by atoms with E-state index in [1.54, 1.807) is 36.4 Å². The molecular formula is C14H12N2O4. The van der Waals surface area contributed by atoms with Gasteiger partial charge in [0, 0.05) is 5.69 Å². The largest absolute Gasteiger partial charge is 0.478 e. The van der Waals surface area contributed by atoms with E-state index in [1.165, 1.54) is 12.1 Å². The number of amides is 2. The fourth-order valence-electron chi connectivity index (χ4n) is 1.55. The van der Waals surface area contributed by atoms with Gasteiger partial charge in [-0.15, -0.1) is 0 Å². The third kappa shape index (κ3) is 3.49. The molecule has 2 aromatic carbocycles. The number of rotatable bonds is 4. The monoisotopic (exact) mass is 272 g/mol. The molecule has 102 valence electrons. The molecule has 0 saturated carbocycles. The molecule has 6 heteroatoms. The maximum Gasteiger partial charge on any atom is 0.335 e. The standard InChI is InChI=1S/C14H12N2O4/c15-14(19)16-10-3-7-12(8-4-10)20-11-5-1-9(2-6-11)13(17)18/h1-8H,(H,17,18)(H3,15,16,19). The highest BCUT2D eigenvalue weighted by Gasteiger charge is 2.03.